The number of carbonyl (C=O) groups excluding carboxylic acids is 1. The first-order valence-electron chi connectivity index (χ1n) is 9.61. The van der Waals surface area contributed by atoms with Gasteiger partial charge in [0.15, 0.2) is 6.61 Å². The number of amides is 1. The van der Waals surface area contributed by atoms with Crippen LogP contribution < -0.4 is 4.74 Å². The van der Waals surface area contributed by atoms with E-state index in [9.17, 15) is 4.79 Å². The molecular formula is C23H21N3O3S. The van der Waals surface area contributed by atoms with E-state index in [1.165, 1.54) is 12.0 Å². The van der Waals surface area contributed by atoms with Crippen molar-refractivity contribution >= 4 is 17.2 Å². The average molecular weight is 420 g/mol. The first-order chi connectivity index (χ1) is 14.8. The van der Waals surface area contributed by atoms with Crippen LogP contribution in [0.25, 0.3) is 11.5 Å². The molecule has 152 valence electrons. The molecule has 0 aliphatic heterocycles. The highest BCUT2D eigenvalue weighted by atomic mass is 32.1. The van der Waals surface area contributed by atoms with Crippen molar-refractivity contribution in [1.29, 1.82) is 0 Å². The summed E-state index contributed by atoms with van der Waals surface area (Å²) in [6.45, 7) is 1.21. The van der Waals surface area contributed by atoms with Gasteiger partial charge in [-0.1, -0.05) is 36.4 Å². The van der Waals surface area contributed by atoms with E-state index in [1.807, 2.05) is 52.7 Å². The predicted molar refractivity (Wildman–Crippen MR) is 115 cm³/mol. The van der Waals surface area contributed by atoms with Crippen LogP contribution in [0.1, 0.15) is 10.4 Å². The molecule has 0 spiro atoms. The van der Waals surface area contributed by atoms with Crippen LogP contribution in [0.3, 0.4) is 0 Å². The summed E-state index contributed by atoms with van der Waals surface area (Å²) in [5.41, 5.74) is 2.01. The molecule has 0 N–H and O–H groups in total. The lowest BCUT2D eigenvalue weighted by molar-refractivity contribution is -0.133. The van der Waals surface area contributed by atoms with Crippen LogP contribution in [0.4, 0.5) is 0 Å². The molecular weight excluding hydrogens is 398 g/mol. The monoisotopic (exact) mass is 419 g/mol. The molecule has 2 aromatic heterocycles. The van der Waals surface area contributed by atoms with Crippen molar-refractivity contribution in [3.63, 3.8) is 0 Å². The number of nitrogens with zero attached hydrogens (tertiary/aromatic N) is 3. The molecule has 0 radical (unpaired) electrons. The van der Waals surface area contributed by atoms with Crippen LogP contribution >= 0.6 is 11.3 Å². The number of ether oxygens (including phenoxy) is 1. The molecule has 0 aliphatic carbocycles. The highest BCUT2D eigenvalue weighted by molar-refractivity contribution is 7.09. The Hall–Kier alpha value is -3.45. The van der Waals surface area contributed by atoms with E-state index in [4.69, 9.17) is 9.15 Å². The smallest absolute Gasteiger partial charge is 0.260 e. The molecule has 7 heteroatoms. The summed E-state index contributed by atoms with van der Waals surface area (Å²) in [4.78, 5) is 15.9. The predicted octanol–water partition coefficient (Wildman–Crippen LogP) is 4.45. The Bertz CT molecular complexity index is 1030. The average Bonchev–Trinajstić information content (AvgIpc) is 3.50. The zero-order chi connectivity index (χ0) is 20.6. The summed E-state index contributed by atoms with van der Waals surface area (Å²) < 4.78 is 10.9. The molecule has 0 aliphatic rings. The Balaban J connectivity index is 1.36. The molecule has 0 saturated carbocycles. The highest BCUT2D eigenvalue weighted by Crippen LogP contribution is 2.20. The third-order valence-corrected chi connectivity index (χ3v) is 5.48. The van der Waals surface area contributed by atoms with Crippen molar-refractivity contribution in [2.45, 2.75) is 13.0 Å². The van der Waals surface area contributed by atoms with Gasteiger partial charge in [-0.25, -0.2) is 0 Å². The number of hydrogen-bond donors (Lipinski definition) is 0. The molecule has 0 bridgehead atoms. The molecule has 0 unspecified atom stereocenters. The van der Waals surface area contributed by atoms with Gasteiger partial charge in [0.05, 0.1) is 6.54 Å². The van der Waals surface area contributed by atoms with Crippen LogP contribution in [0.5, 0.6) is 5.75 Å². The summed E-state index contributed by atoms with van der Waals surface area (Å²) >= 11 is 1.65. The largest absolute Gasteiger partial charge is 0.484 e. The quantitative estimate of drug-likeness (QED) is 0.401. The van der Waals surface area contributed by atoms with Crippen molar-refractivity contribution in [3.05, 3.63) is 88.9 Å². The maximum absolute atomic E-state index is 12.9. The maximum Gasteiger partial charge on any atom is 0.260 e. The molecule has 0 saturated heterocycles. The lowest BCUT2D eigenvalue weighted by atomic mass is 10.1. The van der Waals surface area contributed by atoms with Crippen LogP contribution in [-0.2, 0) is 17.8 Å². The summed E-state index contributed by atoms with van der Waals surface area (Å²) in [7, 11) is 0. The second-order valence-corrected chi connectivity index (χ2v) is 7.72. The zero-order valence-electron chi connectivity index (χ0n) is 16.3. The summed E-state index contributed by atoms with van der Waals surface area (Å²) in [6, 6.07) is 21.5. The van der Waals surface area contributed by atoms with Gasteiger partial charge >= 0.3 is 0 Å². The Kier molecular flexibility index (Phi) is 6.51. The number of carbonyl (C=O) groups is 1. The first-order valence-corrected chi connectivity index (χ1v) is 10.5. The topological polar surface area (TPSA) is 68.5 Å². The van der Waals surface area contributed by atoms with Crippen molar-refractivity contribution < 1.29 is 13.9 Å². The van der Waals surface area contributed by atoms with E-state index in [-0.39, 0.29) is 12.5 Å². The molecule has 0 atom stereocenters. The number of aromatic nitrogens is 2. The Morgan fingerprint density at radius 3 is 2.57 bits per heavy atom. The van der Waals surface area contributed by atoms with Gasteiger partial charge in [0.2, 0.25) is 12.3 Å². The first kappa shape index (κ1) is 19.8. The van der Waals surface area contributed by atoms with E-state index in [0.29, 0.717) is 24.7 Å². The second kappa shape index (κ2) is 9.84. The van der Waals surface area contributed by atoms with Crippen LogP contribution in [0.2, 0.25) is 0 Å². The van der Waals surface area contributed by atoms with Crippen LogP contribution in [-0.4, -0.2) is 34.2 Å². The summed E-state index contributed by atoms with van der Waals surface area (Å²) in [5, 5.41) is 9.57. The maximum atomic E-state index is 12.9. The molecule has 4 aromatic rings. The fourth-order valence-corrected chi connectivity index (χ4v) is 3.74. The lowest BCUT2D eigenvalue weighted by Gasteiger charge is -2.22. The zero-order valence-corrected chi connectivity index (χ0v) is 17.1. The Labute approximate surface area is 178 Å². The molecule has 2 heterocycles. The van der Waals surface area contributed by atoms with Crippen molar-refractivity contribution in [1.82, 2.24) is 15.1 Å². The summed E-state index contributed by atoms with van der Waals surface area (Å²) in [6.07, 6.45) is 2.09. The molecule has 6 nitrogen and oxygen atoms in total. The summed E-state index contributed by atoms with van der Waals surface area (Å²) in [5.74, 6) is 1.02. The van der Waals surface area contributed by atoms with Crippen LogP contribution in [0, 0.1) is 0 Å². The SMILES string of the molecule is O=C(COc1ccc(-c2nnco2)cc1)N(CCc1ccccc1)Cc1cccs1. The third-order valence-electron chi connectivity index (χ3n) is 4.62. The minimum atomic E-state index is -0.0414. The minimum Gasteiger partial charge on any atom is -0.484 e. The van der Waals surface area contributed by atoms with Crippen LogP contribution in [0.15, 0.2) is 82.9 Å². The van der Waals surface area contributed by atoms with Gasteiger partial charge in [0.25, 0.3) is 5.91 Å². The molecule has 30 heavy (non-hydrogen) atoms. The minimum absolute atomic E-state index is 0.0138. The van der Waals surface area contributed by atoms with Gasteiger partial charge in [0.1, 0.15) is 5.75 Å². The van der Waals surface area contributed by atoms with Gasteiger partial charge in [-0.15, -0.1) is 21.5 Å². The highest BCUT2D eigenvalue weighted by Gasteiger charge is 2.16. The van der Waals surface area contributed by atoms with E-state index < -0.39 is 0 Å². The lowest BCUT2D eigenvalue weighted by Crippen LogP contribution is -2.35. The van der Waals surface area contributed by atoms with E-state index in [1.54, 1.807) is 23.5 Å². The fourth-order valence-electron chi connectivity index (χ4n) is 3.02. The van der Waals surface area contributed by atoms with E-state index in [0.717, 1.165) is 16.9 Å². The standard InChI is InChI=1S/C23H21N3O3S/c27-22(16-28-20-10-8-19(9-11-20)23-25-24-17-29-23)26(15-21-7-4-14-30-21)13-12-18-5-2-1-3-6-18/h1-11,14,17H,12-13,15-16H2. The number of rotatable bonds is 9. The number of thiophene rings is 1. The van der Waals surface area contributed by atoms with Crippen molar-refractivity contribution in [2.75, 3.05) is 13.2 Å². The molecule has 4 rings (SSSR count). The van der Waals surface area contributed by atoms with Gasteiger partial charge < -0.3 is 14.1 Å². The molecule has 0 fully saturated rings. The third kappa shape index (κ3) is 5.33. The van der Waals surface area contributed by atoms with Gasteiger partial charge in [0, 0.05) is 17.0 Å². The van der Waals surface area contributed by atoms with Crippen molar-refractivity contribution in [2.24, 2.45) is 0 Å². The second-order valence-electron chi connectivity index (χ2n) is 6.69. The Morgan fingerprint density at radius 2 is 1.87 bits per heavy atom. The number of hydrogen-bond acceptors (Lipinski definition) is 6. The molecule has 1 amide bonds. The van der Waals surface area contributed by atoms with Crippen molar-refractivity contribution in [3.8, 4) is 17.2 Å². The van der Waals surface area contributed by atoms with Gasteiger partial charge in [-0.2, -0.15) is 0 Å². The van der Waals surface area contributed by atoms with Gasteiger partial charge in [-0.3, -0.25) is 4.79 Å². The number of benzene rings is 2. The normalized spacial score (nSPS) is 10.7. The molecule has 2 aromatic carbocycles. The van der Waals surface area contributed by atoms with Gasteiger partial charge in [-0.05, 0) is 47.7 Å². The van der Waals surface area contributed by atoms with E-state index >= 15 is 0 Å². The Morgan fingerprint density at radius 1 is 1.03 bits per heavy atom. The van der Waals surface area contributed by atoms with E-state index in [2.05, 4.69) is 22.3 Å². The fraction of sp³-hybridized carbons (Fsp3) is 0.174.